The van der Waals surface area contributed by atoms with Gasteiger partial charge in [0, 0.05) is 6.54 Å². The number of hydrogen-bond acceptors (Lipinski definition) is 5. The highest BCUT2D eigenvalue weighted by Crippen LogP contribution is 2.09. The number of rotatable bonds is 7. The molecule has 7 heteroatoms. The number of nitrogens with one attached hydrogen (secondary N) is 1. The van der Waals surface area contributed by atoms with Crippen LogP contribution in [0.15, 0.2) is 36.9 Å². The van der Waals surface area contributed by atoms with Gasteiger partial charge in [0.15, 0.2) is 0 Å². The fourth-order valence-electron chi connectivity index (χ4n) is 1.85. The van der Waals surface area contributed by atoms with Crippen LogP contribution in [0.3, 0.4) is 0 Å². The molecule has 21 heavy (non-hydrogen) atoms. The third kappa shape index (κ3) is 4.57. The lowest BCUT2D eigenvalue weighted by atomic mass is 10.2. The van der Waals surface area contributed by atoms with E-state index in [9.17, 15) is 4.79 Å². The lowest BCUT2D eigenvalue weighted by Gasteiger charge is -2.12. The summed E-state index contributed by atoms with van der Waals surface area (Å²) in [6, 6.07) is 7.32. The molecule has 1 heterocycles. The molecule has 0 fully saturated rings. The molecule has 0 spiro atoms. The first-order valence-corrected chi connectivity index (χ1v) is 8.06. The van der Waals surface area contributed by atoms with Crippen LogP contribution < -0.4 is 11.1 Å². The van der Waals surface area contributed by atoms with Crippen molar-refractivity contribution in [2.24, 2.45) is 5.73 Å². The van der Waals surface area contributed by atoms with E-state index in [1.807, 2.05) is 30.5 Å². The van der Waals surface area contributed by atoms with Crippen LogP contribution in [-0.2, 0) is 11.3 Å². The van der Waals surface area contributed by atoms with E-state index >= 15 is 0 Å². The van der Waals surface area contributed by atoms with Crippen molar-refractivity contribution >= 4 is 17.7 Å². The first-order chi connectivity index (χ1) is 10.2. The van der Waals surface area contributed by atoms with Gasteiger partial charge in [-0.05, 0) is 36.1 Å². The highest BCUT2D eigenvalue weighted by Gasteiger charge is 2.12. The predicted molar refractivity (Wildman–Crippen MR) is 84.2 cm³/mol. The summed E-state index contributed by atoms with van der Waals surface area (Å²) in [4.78, 5) is 15.8. The number of thioether (sulfide) groups is 1. The van der Waals surface area contributed by atoms with E-state index in [2.05, 4.69) is 15.4 Å². The number of hydrogen-bond donors (Lipinski definition) is 2. The first-order valence-electron chi connectivity index (χ1n) is 6.67. The van der Waals surface area contributed by atoms with Crippen LogP contribution in [-0.4, -0.2) is 38.7 Å². The van der Waals surface area contributed by atoms with Crippen LogP contribution in [0.25, 0.3) is 5.69 Å². The van der Waals surface area contributed by atoms with Crippen molar-refractivity contribution in [1.29, 1.82) is 0 Å². The number of nitrogens with two attached hydrogens (primary N) is 1. The van der Waals surface area contributed by atoms with E-state index in [1.54, 1.807) is 22.8 Å². The Hall–Kier alpha value is -1.86. The zero-order chi connectivity index (χ0) is 15.1. The summed E-state index contributed by atoms with van der Waals surface area (Å²) >= 11 is 1.69. The SMILES string of the molecule is CSCC[C@H](N)C(=O)NCc1cccc(-n2cncn2)c1. The third-order valence-corrected chi connectivity index (χ3v) is 3.67. The fraction of sp³-hybridized carbons (Fsp3) is 0.357. The Labute approximate surface area is 128 Å². The molecule has 6 nitrogen and oxygen atoms in total. The number of benzene rings is 1. The molecular weight excluding hydrogens is 286 g/mol. The Morgan fingerprint density at radius 1 is 1.52 bits per heavy atom. The molecule has 0 saturated heterocycles. The molecule has 2 aromatic rings. The van der Waals surface area contributed by atoms with Gasteiger partial charge in [0.25, 0.3) is 0 Å². The summed E-state index contributed by atoms with van der Waals surface area (Å²) in [6.07, 6.45) is 5.81. The van der Waals surface area contributed by atoms with Crippen LogP contribution in [0.5, 0.6) is 0 Å². The number of carbonyl (C=O) groups is 1. The van der Waals surface area contributed by atoms with Crippen LogP contribution >= 0.6 is 11.8 Å². The van der Waals surface area contributed by atoms with Crippen molar-refractivity contribution in [1.82, 2.24) is 20.1 Å². The normalized spacial score (nSPS) is 12.1. The summed E-state index contributed by atoms with van der Waals surface area (Å²) in [6.45, 7) is 0.453. The van der Waals surface area contributed by atoms with Gasteiger partial charge in [-0.25, -0.2) is 9.67 Å². The number of amides is 1. The minimum Gasteiger partial charge on any atom is -0.351 e. The molecule has 3 N–H and O–H groups in total. The van der Waals surface area contributed by atoms with Gasteiger partial charge < -0.3 is 11.1 Å². The van der Waals surface area contributed by atoms with Gasteiger partial charge in [0.2, 0.25) is 5.91 Å². The number of nitrogens with zero attached hydrogens (tertiary/aromatic N) is 3. The lowest BCUT2D eigenvalue weighted by molar-refractivity contribution is -0.122. The van der Waals surface area contributed by atoms with Crippen LogP contribution in [0, 0.1) is 0 Å². The second-order valence-corrected chi connectivity index (χ2v) is 5.60. The molecule has 0 aliphatic carbocycles. The van der Waals surface area contributed by atoms with Crippen LogP contribution in [0.4, 0.5) is 0 Å². The van der Waals surface area contributed by atoms with E-state index in [0.29, 0.717) is 13.0 Å². The van der Waals surface area contributed by atoms with Crippen molar-refractivity contribution in [3.8, 4) is 5.69 Å². The maximum Gasteiger partial charge on any atom is 0.237 e. The minimum atomic E-state index is -0.448. The Kier molecular flexibility index (Phi) is 5.77. The van der Waals surface area contributed by atoms with Gasteiger partial charge in [-0.2, -0.15) is 16.9 Å². The van der Waals surface area contributed by atoms with Gasteiger partial charge in [-0.1, -0.05) is 12.1 Å². The van der Waals surface area contributed by atoms with E-state index < -0.39 is 6.04 Å². The van der Waals surface area contributed by atoms with Crippen molar-refractivity contribution in [2.75, 3.05) is 12.0 Å². The molecule has 0 aliphatic heterocycles. The Morgan fingerprint density at radius 3 is 3.10 bits per heavy atom. The molecule has 0 unspecified atom stereocenters. The second-order valence-electron chi connectivity index (χ2n) is 4.62. The lowest BCUT2D eigenvalue weighted by Crippen LogP contribution is -2.40. The number of carbonyl (C=O) groups excluding carboxylic acids is 1. The fourth-order valence-corrected chi connectivity index (χ4v) is 2.34. The highest BCUT2D eigenvalue weighted by molar-refractivity contribution is 7.98. The number of aromatic nitrogens is 3. The van der Waals surface area contributed by atoms with E-state index in [4.69, 9.17) is 5.73 Å². The maximum atomic E-state index is 11.9. The molecule has 0 radical (unpaired) electrons. The molecule has 0 aliphatic rings. The summed E-state index contributed by atoms with van der Waals surface area (Å²) in [7, 11) is 0. The van der Waals surface area contributed by atoms with Crippen molar-refractivity contribution in [3.63, 3.8) is 0 Å². The van der Waals surface area contributed by atoms with Gasteiger partial charge >= 0.3 is 0 Å². The van der Waals surface area contributed by atoms with Crippen molar-refractivity contribution in [3.05, 3.63) is 42.5 Å². The smallest absolute Gasteiger partial charge is 0.237 e. The molecule has 1 aromatic carbocycles. The van der Waals surface area contributed by atoms with Crippen LogP contribution in [0.2, 0.25) is 0 Å². The highest BCUT2D eigenvalue weighted by atomic mass is 32.2. The van der Waals surface area contributed by atoms with Gasteiger partial charge in [0.05, 0.1) is 11.7 Å². The maximum absolute atomic E-state index is 11.9. The summed E-state index contributed by atoms with van der Waals surface area (Å²) < 4.78 is 1.68. The topological polar surface area (TPSA) is 85.8 Å². The zero-order valence-electron chi connectivity index (χ0n) is 11.9. The standard InChI is InChI=1S/C14H19N5OS/c1-21-6-5-13(15)14(20)17-8-11-3-2-4-12(7-11)19-10-16-9-18-19/h2-4,7,9-10,13H,5-6,8,15H2,1H3,(H,17,20)/t13-/m0/s1. The van der Waals surface area contributed by atoms with Gasteiger partial charge in [-0.3, -0.25) is 4.79 Å². The Bertz CT molecular complexity index is 573. The minimum absolute atomic E-state index is 0.116. The average Bonchev–Trinajstić information content (AvgIpc) is 3.05. The monoisotopic (exact) mass is 305 g/mol. The van der Waals surface area contributed by atoms with Gasteiger partial charge in [0.1, 0.15) is 12.7 Å². The predicted octanol–water partition coefficient (Wildman–Crippen LogP) is 0.964. The average molecular weight is 305 g/mol. The largest absolute Gasteiger partial charge is 0.351 e. The van der Waals surface area contributed by atoms with E-state index in [1.165, 1.54) is 6.33 Å². The quantitative estimate of drug-likeness (QED) is 0.796. The molecule has 1 aromatic heterocycles. The van der Waals surface area contributed by atoms with Crippen molar-refractivity contribution < 1.29 is 4.79 Å². The third-order valence-electron chi connectivity index (χ3n) is 3.03. The Morgan fingerprint density at radius 2 is 2.38 bits per heavy atom. The molecule has 112 valence electrons. The molecule has 1 amide bonds. The Balaban J connectivity index is 1.91. The van der Waals surface area contributed by atoms with E-state index in [-0.39, 0.29) is 5.91 Å². The molecule has 2 rings (SSSR count). The molecule has 0 saturated carbocycles. The summed E-state index contributed by atoms with van der Waals surface area (Å²) in [5, 5.41) is 6.94. The second kappa shape index (κ2) is 7.80. The van der Waals surface area contributed by atoms with Crippen molar-refractivity contribution in [2.45, 2.75) is 19.0 Å². The molecule has 1 atom stereocenters. The zero-order valence-corrected chi connectivity index (χ0v) is 12.7. The molecule has 0 bridgehead atoms. The summed E-state index contributed by atoms with van der Waals surface area (Å²) in [5.74, 6) is 0.770. The van der Waals surface area contributed by atoms with Crippen LogP contribution in [0.1, 0.15) is 12.0 Å². The van der Waals surface area contributed by atoms with Gasteiger partial charge in [-0.15, -0.1) is 0 Å². The van der Waals surface area contributed by atoms with E-state index in [0.717, 1.165) is 17.0 Å². The first kappa shape index (κ1) is 15.5. The molecular formula is C14H19N5OS. The summed E-state index contributed by atoms with van der Waals surface area (Å²) in [5.41, 5.74) is 7.73.